The average Bonchev–Trinajstić information content (AvgIpc) is 2.46. The lowest BCUT2D eigenvalue weighted by atomic mass is 10.2. The van der Waals surface area contributed by atoms with Crippen molar-refractivity contribution >= 4 is 43.2 Å². The first-order chi connectivity index (χ1) is 8.81. The molecular formula is C14H12Br2N2. The Balaban J connectivity index is 2.08. The zero-order valence-electron chi connectivity index (χ0n) is 9.68. The molecule has 0 N–H and O–H groups in total. The van der Waals surface area contributed by atoms with E-state index in [0.717, 1.165) is 22.0 Å². The third kappa shape index (κ3) is 3.75. The van der Waals surface area contributed by atoms with E-state index in [1.165, 1.54) is 11.1 Å². The van der Waals surface area contributed by atoms with Gasteiger partial charge in [0.2, 0.25) is 0 Å². The molecule has 0 heterocycles. The second kappa shape index (κ2) is 6.81. The molecule has 0 aliphatic carbocycles. The number of rotatable bonds is 4. The van der Waals surface area contributed by atoms with Gasteiger partial charge in [-0.2, -0.15) is 10.2 Å². The standard InChI is InChI=1S/C14H12Br2N2/c15-9-11-1-5-13(6-2-11)17-18-14-7-3-12(10-16)4-8-14/h1-8H,9-10H2/b18-17+. The van der Waals surface area contributed by atoms with Crippen LogP contribution in [0.2, 0.25) is 0 Å². The van der Waals surface area contributed by atoms with Crippen molar-refractivity contribution in [2.45, 2.75) is 10.7 Å². The van der Waals surface area contributed by atoms with Gasteiger partial charge in [-0.3, -0.25) is 0 Å². The molecule has 2 aromatic rings. The number of halogens is 2. The second-order valence-corrected chi connectivity index (χ2v) is 4.92. The molecule has 0 saturated heterocycles. The third-order valence-corrected chi connectivity index (χ3v) is 3.76. The Morgan fingerprint density at radius 1 is 0.611 bits per heavy atom. The van der Waals surface area contributed by atoms with Crippen LogP contribution >= 0.6 is 31.9 Å². The van der Waals surface area contributed by atoms with Crippen molar-refractivity contribution < 1.29 is 0 Å². The van der Waals surface area contributed by atoms with E-state index in [-0.39, 0.29) is 0 Å². The summed E-state index contributed by atoms with van der Waals surface area (Å²) >= 11 is 6.83. The number of nitrogens with zero attached hydrogens (tertiary/aromatic N) is 2. The van der Waals surface area contributed by atoms with Crippen LogP contribution in [0.25, 0.3) is 0 Å². The first-order valence-corrected chi connectivity index (χ1v) is 7.77. The summed E-state index contributed by atoms with van der Waals surface area (Å²) in [5, 5.41) is 10.1. The largest absolute Gasteiger partial charge is 0.151 e. The van der Waals surface area contributed by atoms with Gasteiger partial charge in [0.15, 0.2) is 0 Å². The van der Waals surface area contributed by atoms with Crippen LogP contribution < -0.4 is 0 Å². The normalized spacial score (nSPS) is 11.0. The van der Waals surface area contributed by atoms with Crippen molar-refractivity contribution in [2.24, 2.45) is 10.2 Å². The molecule has 2 aromatic carbocycles. The van der Waals surface area contributed by atoms with E-state index in [9.17, 15) is 0 Å². The molecule has 0 spiro atoms. The molecule has 0 aromatic heterocycles. The van der Waals surface area contributed by atoms with Gasteiger partial charge < -0.3 is 0 Å². The molecule has 2 rings (SSSR count). The SMILES string of the molecule is BrCc1ccc(/N=N/c2ccc(CBr)cc2)cc1. The van der Waals surface area contributed by atoms with Crippen molar-refractivity contribution in [3.63, 3.8) is 0 Å². The summed E-state index contributed by atoms with van der Waals surface area (Å²) in [6.45, 7) is 0. The molecule has 0 saturated carbocycles. The van der Waals surface area contributed by atoms with E-state index in [1.807, 2.05) is 48.5 Å². The van der Waals surface area contributed by atoms with E-state index in [4.69, 9.17) is 0 Å². The summed E-state index contributed by atoms with van der Waals surface area (Å²) < 4.78 is 0. The van der Waals surface area contributed by atoms with Crippen molar-refractivity contribution in [1.82, 2.24) is 0 Å². The van der Waals surface area contributed by atoms with E-state index in [2.05, 4.69) is 42.1 Å². The number of hydrogen-bond acceptors (Lipinski definition) is 2. The van der Waals surface area contributed by atoms with E-state index >= 15 is 0 Å². The lowest BCUT2D eigenvalue weighted by Gasteiger charge is -1.97. The Morgan fingerprint density at radius 3 is 1.22 bits per heavy atom. The van der Waals surface area contributed by atoms with Gasteiger partial charge in [0.25, 0.3) is 0 Å². The quantitative estimate of drug-likeness (QED) is 0.475. The molecule has 0 atom stereocenters. The Kier molecular flexibility index (Phi) is 5.08. The number of benzene rings is 2. The first kappa shape index (κ1) is 13.4. The summed E-state index contributed by atoms with van der Waals surface area (Å²) in [5.74, 6) is 0. The molecule has 0 unspecified atom stereocenters. The van der Waals surface area contributed by atoms with Crippen LogP contribution in [0.1, 0.15) is 11.1 Å². The highest BCUT2D eigenvalue weighted by molar-refractivity contribution is 9.08. The van der Waals surface area contributed by atoms with Gasteiger partial charge in [0, 0.05) is 10.7 Å². The fourth-order valence-corrected chi connectivity index (χ4v) is 2.17. The Hall–Kier alpha value is -1.00. The molecule has 18 heavy (non-hydrogen) atoms. The highest BCUT2D eigenvalue weighted by Crippen LogP contribution is 2.20. The van der Waals surface area contributed by atoms with E-state index in [1.54, 1.807) is 0 Å². The Morgan fingerprint density at radius 2 is 0.944 bits per heavy atom. The van der Waals surface area contributed by atoms with Crippen LogP contribution in [0.3, 0.4) is 0 Å². The lowest BCUT2D eigenvalue weighted by molar-refractivity contribution is 1.22. The fraction of sp³-hybridized carbons (Fsp3) is 0.143. The average molecular weight is 368 g/mol. The molecule has 92 valence electrons. The second-order valence-electron chi connectivity index (χ2n) is 3.80. The van der Waals surface area contributed by atoms with Gasteiger partial charge >= 0.3 is 0 Å². The summed E-state index contributed by atoms with van der Waals surface area (Å²) in [4.78, 5) is 0. The first-order valence-electron chi connectivity index (χ1n) is 5.53. The van der Waals surface area contributed by atoms with Crippen molar-refractivity contribution in [3.05, 3.63) is 59.7 Å². The van der Waals surface area contributed by atoms with Crippen LogP contribution in [0.5, 0.6) is 0 Å². The lowest BCUT2D eigenvalue weighted by Crippen LogP contribution is -1.74. The zero-order chi connectivity index (χ0) is 12.8. The van der Waals surface area contributed by atoms with Crippen molar-refractivity contribution in [1.29, 1.82) is 0 Å². The van der Waals surface area contributed by atoms with Gasteiger partial charge in [0.1, 0.15) is 0 Å². The molecule has 0 aliphatic rings. The fourth-order valence-electron chi connectivity index (χ4n) is 1.42. The highest BCUT2D eigenvalue weighted by Gasteiger charge is 1.93. The number of hydrogen-bond donors (Lipinski definition) is 0. The van der Waals surface area contributed by atoms with Gasteiger partial charge in [-0.05, 0) is 35.4 Å². The van der Waals surface area contributed by atoms with E-state index in [0.29, 0.717) is 0 Å². The number of azo groups is 1. The predicted octanol–water partition coefficient (Wildman–Crippen LogP) is 5.89. The number of alkyl halides is 2. The monoisotopic (exact) mass is 366 g/mol. The Labute approximate surface area is 123 Å². The third-order valence-electron chi connectivity index (χ3n) is 2.46. The van der Waals surface area contributed by atoms with Crippen molar-refractivity contribution in [3.8, 4) is 0 Å². The molecule has 0 fully saturated rings. The predicted molar refractivity (Wildman–Crippen MR) is 82.3 cm³/mol. The van der Waals surface area contributed by atoms with Gasteiger partial charge in [-0.25, -0.2) is 0 Å². The minimum atomic E-state index is 0.860. The van der Waals surface area contributed by atoms with Crippen LogP contribution in [-0.2, 0) is 10.7 Å². The summed E-state index contributed by atoms with van der Waals surface area (Å²) in [6, 6.07) is 16.0. The molecule has 0 amide bonds. The summed E-state index contributed by atoms with van der Waals surface area (Å²) in [7, 11) is 0. The maximum absolute atomic E-state index is 4.21. The highest BCUT2D eigenvalue weighted by atomic mass is 79.9. The molecule has 2 nitrogen and oxygen atoms in total. The van der Waals surface area contributed by atoms with Crippen LogP contribution in [0.4, 0.5) is 11.4 Å². The smallest absolute Gasteiger partial charge is 0.0857 e. The van der Waals surface area contributed by atoms with Gasteiger partial charge in [-0.1, -0.05) is 56.1 Å². The topological polar surface area (TPSA) is 24.7 Å². The maximum Gasteiger partial charge on any atom is 0.0857 e. The molecule has 0 aliphatic heterocycles. The maximum atomic E-state index is 4.21. The van der Waals surface area contributed by atoms with Gasteiger partial charge in [-0.15, -0.1) is 0 Å². The van der Waals surface area contributed by atoms with Gasteiger partial charge in [0.05, 0.1) is 11.4 Å². The minimum Gasteiger partial charge on any atom is -0.151 e. The molecule has 0 radical (unpaired) electrons. The molecule has 0 bridgehead atoms. The van der Waals surface area contributed by atoms with Crippen LogP contribution in [-0.4, -0.2) is 0 Å². The summed E-state index contributed by atoms with van der Waals surface area (Å²) in [6.07, 6.45) is 0. The summed E-state index contributed by atoms with van der Waals surface area (Å²) in [5.41, 5.74) is 4.19. The van der Waals surface area contributed by atoms with E-state index < -0.39 is 0 Å². The minimum absolute atomic E-state index is 0.860. The zero-order valence-corrected chi connectivity index (χ0v) is 12.9. The van der Waals surface area contributed by atoms with Crippen LogP contribution in [0.15, 0.2) is 58.8 Å². The Bertz CT molecular complexity index is 469. The van der Waals surface area contributed by atoms with Crippen molar-refractivity contribution in [2.75, 3.05) is 0 Å². The van der Waals surface area contributed by atoms with Crippen LogP contribution in [0, 0.1) is 0 Å². The molecule has 4 heteroatoms. The molecular weight excluding hydrogens is 356 g/mol.